The van der Waals surface area contributed by atoms with E-state index in [-0.39, 0.29) is 5.91 Å². The third-order valence-corrected chi connectivity index (χ3v) is 5.35. The molecule has 0 radical (unpaired) electrons. The molecule has 1 amide bonds. The molecule has 0 bridgehead atoms. The number of aromatic nitrogens is 3. The largest absolute Gasteiger partial charge is 0.360 e. The van der Waals surface area contributed by atoms with E-state index >= 15 is 0 Å². The number of nitrogens with zero attached hydrogens (tertiary/aromatic N) is 3. The maximum atomic E-state index is 12.5. The Morgan fingerprint density at radius 1 is 1.27 bits per heavy atom. The molecule has 0 saturated heterocycles. The molecule has 0 spiro atoms. The molecule has 1 N–H and O–H groups in total. The highest BCUT2D eigenvalue weighted by molar-refractivity contribution is 7.20. The normalized spacial score (nSPS) is 11.2. The molecule has 0 unspecified atom stereocenters. The minimum Gasteiger partial charge on any atom is -0.360 e. The maximum Gasteiger partial charge on any atom is 0.267 e. The molecule has 0 saturated carbocycles. The van der Waals surface area contributed by atoms with Crippen molar-refractivity contribution in [2.45, 2.75) is 20.4 Å². The van der Waals surface area contributed by atoms with E-state index in [1.54, 1.807) is 13.0 Å². The number of carbonyl (C=O) groups excluding carboxylic acids is 1. The number of halogens is 1. The minimum atomic E-state index is -0.211. The first-order valence-corrected chi connectivity index (χ1v) is 9.15. The first kappa shape index (κ1) is 16.8. The molecule has 0 atom stereocenters. The van der Waals surface area contributed by atoms with Gasteiger partial charge in [0.15, 0.2) is 5.82 Å². The van der Waals surface area contributed by atoms with Crippen LogP contribution in [0, 0.1) is 13.8 Å². The van der Waals surface area contributed by atoms with Gasteiger partial charge in [-0.15, -0.1) is 11.3 Å². The van der Waals surface area contributed by atoms with Gasteiger partial charge in [0, 0.05) is 16.5 Å². The molecule has 3 heterocycles. The van der Waals surface area contributed by atoms with Crippen LogP contribution in [0.25, 0.3) is 10.2 Å². The molecule has 132 valence electrons. The van der Waals surface area contributed by atoms with Crippen molar-refractivity contribution in [1.82, 2.24) is 14.9 Å². The number of hydrogen-bond acceptors (Lipinski definition) is 5. The number of nitrogens with one attached hydrogen (secondary N) is 1. The van der Waals surface area contributed by atoms with Gasteiger partial charge in [-0.3, -0.25) is 9.48 Å². The average molecular weight is 387 g/mol. The van der Waals surface area contributed by atoms with E-state index in [0.29, 0.717) is 28.0 Å². The Hall–Kier alpha value is -2.64. The van der Waals surface area contributed by atoms with Crippen LogP contribution in [0.4, 0.5) is 5.82 Å². The summed E-state index contributed by atoms with van der Waals surface area (Å²) in [7, 11) is 0. The Morgan fingerprint density at radius 3 is 2.73 bits per heavy atom. The fraction of sp³-hybridized carbons (Fsp3) is 0.167. The van der Waals surface area contributed by atoms with Gasteiger partial charge in [-0.1, -0.05) is 28.9 Å². The molecule has 8 heteroatoms. The van der Waals surface area contributed by atoms with Crippen LogP contribution in [-0.2, 0) is 6.54 Å². The van der Waals surface area contributed by atoms with Crippen molar-refractivity contribution >= 4 is 44.9 Å². The number of amides is 1. The first-order chi connectivity index (χ1) is 12.5. The van der Waals surface area contributed by atoms with Gasteiger partial charge in [0.2, 0.25) is 0 Å². The second-order valence-corrected chi connectivity index (χ2v) is 7.44. The van der Waals surface area contributed by atoms with Crippen LogP contribution < -0.4 is 5.32 Å². The topological polar surface area (TPSA) is 73.0 Å². The molecule has 4 aromatic rings. The van der Waals surface area contributed by atoms with Gasteiger partial charge in [0.1, 0.15) is 10.6 Å². The zero-order valence-electron chi connectivity index (χ0n) is 14.1. The Labute approximate surface area is 158 Å². The van der Waals surface area contributed by atoms with Crippen LogP contribution in [0.1, 0.15) is 26.7 Å². The number of carbonyl (C=O) groups is 1. The Kier molecular flexibility index (Phi) is 4.26. The third kappa shape index (κ3) is 3.23. The molecule has 4 rings (SSSR count). The molecule has 0 aliphatic carbocycles. The fourth-order valence-corrected chi connectivity index (χ4v) is 3.88. The van der Waals surface area contributed by atoms with E-state index < -0.39 is 0 Å². The van der Waals surface area contributed by atoms with Crippen LogP contribution in [-0.4, -0.2) is 20.8 Å². The Morgan fingerprint density at radius 2 is 2.04 bits per heavy atom. The number of benzene rings is 1. The second-order valence-electron chi connectivity index (χ2n) is 5.98. The molecule has 6 nitrogen and oxygen atoms in total. The standard InChI is InChI=1S/C18H15ClN4O2S/c1-10-7-16(22-25-10)20-17(24)15-8-14-11(2)21-23(18(14)26-15)9-12-3-5-13(19)6-4-12/h3-8H,9H2,1-2H3,(H,20,22,24). The zero-order chi connectivity index (χ0) is 18.3. The van der Waals surface area contributed by atoms with Crippen molar-refractivity contribution in [3.63, 3.8) is 0 Å². The van der Waals surface area contributed by atoms with Crippen LogP contribution in [0.2, 0.25) is 5.02 Å². The molecular formula is C18H15ClN4O2S. The average Bonchev–Trinajstić information content (AvgIpc) is 3.28. The van der Waals surface area contributed by atoms with E-state index in [4.69, 9.17) is 16.1 Å². The summed E-state index contributed by atoms with van der Waals surface area (Å²) < 4.78 is 6.89. The highest BCUT2D eigenvalue weighted by atomic mass is 35.5. The highest BCUT2D eigenvalue weighted by Crippen LogP contribution is 2.29. The quantitative estimate of drug-likeness (QED) is 0.553. The summed E-state index contributed by atoms with van der Waals surface area (Å²) in [6, 6.07) is 11.2. The summed E-state index contributed by atoms with van der Waals surface area (Å²) in [4.78, 5) is 14.0. The van der Waals surface area contributed by atoms with Crippen LogP contribution >= 0.6 is 22.9 Å². The molecule has 0 aliphatic heterocycles. The van der Waals surface area contributed by atoms with Gasteiger partial charge in [-0.05, 0) is 37.6 Å². The van der Waals surface area contributed by atoms with E-state index in [2.05, 4.69) is 15.6 Å². The van der Waals surface area contributed by atoms with Gasteiger partial charge in [-0.2, -0.15) is 5.10 Å². The number of aryl methyl sites for hydroxylation is 2. The summed E-state index contributed by atoms with van der Waals surface area (Å²) in [6.07, 6.45) is 0. The van der Waals surface area contributed by atoms with E-state index in [1.165, 1.54) is 11.3 Å². The monoisotopic (exact) mass is 386 g/mol. The lowest BCUT2D eigenvalue weighted by atomic mass is 10.2. The van der Waals surface area contributed by atoms with Crippen LogP contribution in [0.15, 0.2) is 40.9 Å². The number of fused-ring (bicyclic) bond motifs is 1. The van der Waals surface area contributed by atoms with E-state index in [1.807, 2.05) is 41.9 Å². The number of rotatable bonds is 4. The van der Waals surface area contributed by atoms with Crippen molar-refractivity contribution in [3.05, 3.63) is 63.3 Å². The van der Waals surface area contributed by atoms with Gasteiger partial charge in [-0.25, -0.2) is 0 Å². The molecule has 0 fully saturated rings. The fourth-order valence-electron chi connectivity index (χ4n) is 2.70. The molecule has 26 heavy (non-hydrogen) atoms. The van der Waals surface area contributed by atoms with Crippen molar-refractivity contribution in [2.24, 2.45) is 0 Å². The third-order valence-electron chi connectivity index (χ3n) is 3.95. The van der Waals surface area contributed by atoms with Crippen LogP contribution in [0.5, 0.6) is 0 Å². The Bertz CT molecular complexity index is 1090. The van der Waals surface area contributed by atoms with Gasteiger partial charge in [0.25, 0.3) is 5.91 Å². The summed E-state index contributed by atoms with van der Waals surface area (Å²) in [5, 5.41) is 12.8. The lowest BCUT2D eigenvalue weighted by molar-refractivity contribution is 0.102. The molecule has 1 aromatic carbocycles. The number of anilines is 1. The number of thiophene rings is 1. The smallest absolute Gasteiger partial charge is 0.267 e. The lowest BCUT2D eigenvalue weighted by Crippen LogP contribution is -2.10. The van der Waals surface area contributed by atoms with Crippen molar-refractivity contribution in [3.8, 4) is 0 Å². The second kappa shape index (κ2) is 6.59. The van der Waals surface area contributed by atoms with Crippen LogP contribution in [0.3, 0.4) is 0 Å². The zero-order valence-corrected chi connectivity index (χ0v) is 15.7. The summed E-state index contributed by atoms with van der Waals surface area (Å²) in [6.45, 7) is 4.33. The predicted octanol–water partition coefficient (Wildman–Crippen LogP) is 4.66. The molecule has 3 aromatic heterocycles. The van der Waals surface area contributed by atoms with Crippen molar-refractivity contribution in [2.75, 3.05) is 5.32 Å². The summed E-state index contributed by atoms with van der Waals surface area (Å²) >= 11 is 7.35. The van der Waals surface area contributed by atoms with E-state index in [9.17, 15) is 4.79 Å². The van der Waals surface area contributed by atoms with E-state index in [0.717, 1.165) is 21.5 Å². The first-order valence-electron chi connectivity index (χ1n) is 7.95. The summed E-state index contributed by atoms with van der Waals surface area (Å²) in [5.74, 6) is 0.840. The van der Waals surface area contributed by atoms with Gasteiger partial charge >= 0.3 is 0 Å². The lowest BCUT2D eigenvalue weighted by Gasteiger charge is -2.03. The molecular weight excluding hydrogens is 372 g/mol. The summed E-state index contributed by atoms with van der Waals surface area (Å²) in [5.41, 5.74) is 1.98. The highest BCUT2D eigenvalue weighted by Gasteiger charge is 2.17. The molecule has 0 aliphatic rings. The predicted molar refractivity (Wildman–Crippen MR) is 102 cm³/mol. The van der Waals surface area contributed by atoms with Crippen molar-refractivity contribution < 1.29 is 9.32 Å². The Balaban J connectivity index is 1.62. The maximum absolute atomic E-state index is 12.5. The van der Waals surface area contributed by atoms with Gasteiger partial charge in [0.05, 0.1) is 17.1 Å². The van der Waals surface area contributed by atoms with Gasteiger partial charge < -0.3 is 9.84 Å². The SMILES string of the molecule is Cc1cc(NC(=O)c2cc3c(C)nn(Cc4ccc(Cl)cc4)c3s2)no1. The van der Waals surface area contributed by atoms with Crippen molar-refractivity contribution in [1.29, 1.82) is 0 Å². The number of hydrogen-bond donors (Lipinski definition) is 1. The minimum absolute atomic E-state index is 0.211.